The third-order valence-electron chi connectivity index (χ3n) is 6.60. The molecule has 0 aromatic rings. The summed E-state index contributed by atoms with van der Waals surface area (Å²) in [5.41, 5.74) is 0.879. The maximum absolute atomic E-state index is 12.4. The molecule has 1 saturated carbocycles. The molecule has 5 heteroatoms. The molecular weight excluding hydrogens is 392 g/mol. The van der Waals surface area contributed by atoms with Crippen LogP contribution in [0.3, 0.4) is 0 Å². The van der Waals surface area contributed by atoms with Gasteiger partial charge < -0.3 is 14.9 Å². The Morgan fingerprint density at radius 2 is 1.97 bits per heavy atom. The number of carbonyl (C=O) groups excluding carboxylic acids is 1. The van der Waals surface area contributed by atoms with E-state index in [1.165, 1.54) is 5.57 Å². The fourth-order valence-corrected chi connectivity index (χ4v) is 4.78. The summed E-state index contributed by atoms with van der Waals surface area (Å²) in [6, 6.07) is 0. The van der Waals surface area contributed by atoms with Crippen LogP contribution < -0.4 is 0 Å². The second-order valence-electron chi connectivity index (χ2n) is 10.4. The number of unbranched alkanes of at least 4 members (excludes halogenated alkanes) is 3. The number of carboxylic acid groups (broad SMARTS) is 1. The zero-order valence-corrected chi connectivity index (χ0v) is 19.8. The van der Waals surface area contributed by atoms with Crippen molar-refractivity contribution in [3.63, 3.8) is 0 Å². The lowest BCUT2D eigenvalue weighted by atomic mass is 9.88. The minimum Gasteiger partial charge on any atom is -0.481 e. The molecule has 1 fully saturated rings. The van der Waals surface area contributed by atoms with Crippen molar-refractivity contribution < 1.29 is 24.5 Å². The molecule has 2 aliphatic rings. The van der Waals surface area contributed by atoms with Crippen LogP contribution in [-0.4, -0.2) is 34.4 Å². The molecule has 31 heavy (non-hydrogen) atoms. The lowest BCUT2D eigenvalue weighted by molar-refractivity contribution is -0.156. The average Bonchev–Trinajstić information content (AvgIpc) is 3.18. The zero-order valence-electron chi connectivity index (χ0n) is 19.8. The van der Waals surface area contributed by atoms with Crippen LogP contribution in [0.2, 0.25) is 0 Å². The van der Waals surface area contributed by atoms with Crippen LogP contribution in [-0.2, 0) is 14.3 Å². The smallest absolute Gasteiger partial charge is 0.311 e. The van der Waals surface area contributed by atoms with Crippen molar-refractivity contribution >= 4 is 11.9 Å². The van der Waals surface area contributed by atoms with Gasteiger partial charge in [0.15, 0.2) is 0 Å². The van der Waals surface area contributed by atoms with Crippen molar-refractivity contribution in [3.8, 4) is 0 Å². The summed E-state index contributed by atoms with van der Waals surface area (Å²) in [5.74, 6) is -0.0363. The van der Waals surface area contributed by atoms with Crippen molar-refractivity contribution in [2.45, 2.75) is 104 Å². The summed E-state index contributed by atoms with van der Waals surface area (Å²) >= 11 is 0. The molecule has 2 N–H and O–H groups in total. The first-order chi connectivity index (χ1) is 14.6. The third kappa shape index (κ3) is 8.10. The van der Waals surface area contributed by atoms with Gasteiger partial charge in [-0.2, -0.15) is 0 Å². The van der Waals surface area contributed by atoms with Crippen LogP contribution in [0.1, 0.15) is 91.9 Å². The van der Waals surface area contributed by atoms with Gasteiger partial charge >= 0.3 is 11.9 Å². The summed E-state index contributed by atoms with van der Waals surface area (Å²) in [5, 5.41) is 19.4. The molecular formula is C26H42O5. The summed E-state index contributed by atoms with van der Waals surface area (Å²) in [7, 11) is 0. The van der Waals surface area contributed by atoms with Crippen molar-refractivity contribution in [1.29, 1.82) is 0 Å². The van der Waals surface area contributed by atoms with E-state index in [2.05, 4.69) is 19.1 Å². The number of aliphatic hydroxyl groups excluding tert-OH is 1. The van der Waals surface area contributed by atoms with Crippen molar-refractivity contribution in [3.05, 3.63) is 23.8 Å². The molecule has 0 heterocycles. The predicted octanol–water partition coefficient (Wildman–Crippen LogP) is 5.67. The summed E-state index contributed by atoms with van der Waals surface area (Å²) in [6.45, 7) is 7.77. The van der Waals surface area contributed by atoms with Crippen molar-refractivity contribution in [2.75, 3.05) is 0 Å². The van der Waals surface area contributed by atoms with Gasteiger partial charge in [0.1, 0.15) is 6.10 Å². The Hall–Kier alpha value is -1.62. The molecule has 0 amide bonds. The number of fused-ring (bicyclic) bond motifs is 1. The molecule has 0 bridgehead atoms. The lowest BCUT2D eigenvalue weighted by Gasteiger charge is -2.23. The maximum Gasteiger partial charge on any atom is 0.311 e. The normalized spacial score (nSPS) is 26.7. The van der Waals surface area contributed by atoms with E-state index >= 15 is 0 Å². The van der Waals surface area contributed by atoms with Gasteiger partial charge in [0.2, 0.25) is 0 Å². The molecule has 0 aliphatic heterocycles. The van der Waals surface area contributed by atoms with Gasteiger partial charge in [-0.15, -0.1) is 0 Å². The first-order valence-corrected chi connectivity index (χ1v) is 12.1. The minimum atomic E-state index is -0.730. The average molecular weight is 435 g/mol. The fraction of sp³-hybridized carbons (Fsp3) is 0.769. The summed E-state index contributed by atoms with van der Waals surface area (Å²) in [4.78, 5) is 23.1. The predicted molar refractivity (Wildman–Crippen MR) is 123 cm³/mol. The SMILES string of the molecule is CCCCC[C@@H](/C=C/[C@@H]1[C@H]2CC(CCCCC(=O)O)=C[C@H]2C[C@H]1O)OC(=O)C(C)(C)C. The quantitative estimate of drug-likeness (QED) is 0.235. The summed E-state index contributed by atoms with van der Waals surface area (Å²) in [6.07, 6.45) is 14.5. The number of allylic oxidation sites excluding steroid dienone is 2. The van der Waals surface area contributed by atoms with Crippen LogP contribution in [0, 0.1) is 23.2 Å². The molecule has 176 valence electrons. The highest BCUT2D eigenvalue weighted by Crippen LogP contribution is 2.48. The van der Waals surface area contributed by atoms with Crippen molar-refractivity contribution in [1.82, 2.24) is 0 Å². The maximum atomic E-state index is 12.4. The number of rotatable bonds is 12. The van der Waals surface area contributed by atoms with E-state index in [0.717, 1.165) is 51.4 Å². The number of hydrogen-bond acceptors (Lipinski definition) is 4. The van der Waals surface area contributed by atoms with Gasteiger partial charge in [-0.1, -0.05) is 37.5 Å². The third-order valence-corrected chi connectivity index (χ3v) is 6.60. The Morgan fingerprint density at radius 1 is 1.23 bits per heavy atom. The topological polar surface area (TPSA) is 83.8 Å². The molecule has 2 rings (SSSR count). The molecule has 2 aliphatic carbocycles. The van der Waals surface area contributed by atoms with E-state index in [0.29, 0.717) is 18.3 Å². The standard InChI is InChI=1S/C26H42O5/c1-5-6-7-11-20(31-25(30)26(2,3)4)13-14-21-22-16-18(10-8-9-12-24(28)29)15-19(22)17-23(21)27/h13-15,19-23,27H,5-12,16-17H2,1-4H3,(H,28,29)/b14-13+/t19-,20-,21+,22-,23+/m0/s1. The Morgan fingerprint density at radius 3 is 2.61 bits per heavy atom. The minimum absolute atomic E-state index is 0.0831. The first kappa shape index (κ1) is 25.6. The van der Waals surface area contributed by atoms with E-state index in [1.807, 2.05) is 26.8 Å². The van der Waals surface area contributed by atoms with Crippen LogP contribution in [0.15, 0.2) is 23.8 Å². The van der Waals surface area contributed by atoms with Crippen LogP contribution in [0.4, 0.5) is 0 Å². The van der Waals surface area contributed by atoms with E-state index in [-0.39, 0.29) is 30.5 Å². The molecule has 0 aromatic carbocycles. The highest BCUT2D eigenvalue weighted by molar-refractivity contribution is 5.75. The Labute approximate surface area is 187 Å². The van der Waals surface area contributed by atoms with E-state index in [1.54, 1.807) is 0 Å². The van der Waals surface area contributed by atoms with Crippen molar-refractivity contribution in [2.24, 2.45) is 23.2 Å². The van der Waals surface area contributed by atoms with Crippen LogP contribution in [0.5, 0.6) is 0 Å². The molecule has 0 unspecified atom stereocenters. The monoisotopic (exact) mass is 434 g/mol. The molecule has 0 aromatic heterocycles. The van der Waals surface area contributed by atoms with Gasteiger partial charge in [-0.3, -0.25) is 9.59 Å². The number of carboxylic acids is 1. The zero-order chi connectivity index (χ0) is 23.0. The molecule has 0 spiro atoms. The van der Waals surface area contributed by atoms with E-state index in [4.69, 9.17) is 9.84 Å². The van der Waals surface area contributed by atoms with Gasteiger partial charge in [0, 0.05) is 12.3 Å². The van der Waals surface area contributed by atoms with Crippen LogP contribution in [0.25, 0.3) is 0 Å². The number of aliphatic hydroxyl groups is 1. The largest absolute Gasteiger partial charge is 0.481 e. The van der Waals surface area contributed by atoms with Gasteiger partial charge in [-0.05, 0) is 83.6 Å². The first-order valence-electron chi connectivity index (χ1n) is 12.1. The number of aliphatic carboxylic acids is 1. The van der Waals surface area contributed by atoms with Gasteiger partial charge in [0.25, 0.3) is 0 Å². The fourth-order valence-electron chi connectivity index (χ4n) is 4.78. The molecule has 0 saturated heterocycles. The second kappa shape index (κ2) is 11.8. The summed E-state index contributed by atoms with van der Waals surface area (Å²) < 4.78 is 5.81. The van der Waals surface area contributed by atoms with Crippen LogP contribution >= 0.6 is 0 Å². The Balaban J connectivity index is 1.95. The highest BCUT2D eigenvalue weighted by atomic mass is 16.5. The number of hydrogen-bond donors (Lipinski definition) is 2. The number of carbonyl (C=O) groups is 2. The number of esters is 1. The Bertz CT molecular complexity index is 657. The number of ether oxygens (including phenoxy) is 1. The second-order valence-corrected chi connectivity index (χ2v) is 10.4. The molecule has 0 radical (unpaired) electrons. The molecule has 5 nitrogen and oxygen atoms in total. The lowest BCUT2D eigenvalue weighted by Crippen LogP contribution is -2.28. The molecule has 5 atom stereocenters. The van der Waals surface area contributed by atoms with Gasteiger partial charge in [-0.25, -0.2) is 0 Å². The van der Waals surface area contributed by atoms with Gasteiger partial charge in [0.05, 0.1) is 11.5 Å². The van der Waals surface area contributed by atoms with E-state index in [9.17, 15) is 14.7 Å². The highest BCUT2D eigenvalue weighted by Gasteiger charge is 2.43. The Kier molecular flexibility index (Phi) is 9.80. The van der Waals surface area contributed by atoms with E-state index < -0.39 is 11.4 Å².